The van der Waals surface area contributed by atoms with Crippen molar-refractivity contribution in [2.24, 2.45) is 0 Å². The number of hydrogen-bond donors (Lipinski definition) is 2. The number of methoxy groups -OCH3 is 2. The topological polar surface area (TPSA) is 130 Å². The molecule has 2 heterocycles. The largest absolute Gasteiger partial charge is 0.497 e. The zero-order valence-electron chi connectivity index (χ0n) is 29.9. The van der Waals surface area contributed by atoms with Crippen LogP contribution in [-0.4, -0.2) is 68.0 Å². The standard InChI is InChI=1S/C38H47N3O8Si/c1-25(42)39-32-22-23-41(36(44)40-32)35-33(43)34(49-50(7,8)37(2,3)4)31(48-35)24-47-38(26-12-10-9-11-13-26,27-14-18-29(45-5)19-15-27)28-16-20-30(46-6)21-17-28/h9-23,31,33-35,43H,24H2,1-8H3,(H,39,40,42,44). The Hall–Kier alpha value is -4.33. The Morgan fingerprint density at radius 1 is 0.900 bits per heavy atom. The molecule has 0 radical (unpaired) electrons. The van der Waals surface area contributed by atoms with Crippen molar-refractivity contribution < 1.29 is 33.3 Å². The number of nitrogens with one attached hydrogen (secondary N) is 1. The second-order valence-corrected chi connectivity index (χ2v) is 18.7. The van der Waals surface area contributed by atoms with Gasteiger partial charge in [0.05, 0.1) is 20.8 Å². The fraction of sp³-hybridized carbons (Fsp3) is 0.395. The van der Waals surface area contributed by atoms with Crippen LogP contribution in [0.5, 0.6) is 11.5 Å². The van der Waals surface area contributed by atoms with E-state index in [2.05, 4.69) is 44.2 Å². The summed E-state index contributed by atoms with van der Waals surface area (Å²) in [5, 5.41) is 14.2. The van der Waals surface area contributed by atoms with E-state index in [9.17, 15) is 14.7 Å². The number of aromatic nitrogens is 2. The Morgan fingerprint density at radius 3 is 1.92 bits per heavy atom. The molecule has 11 nitrogen and oxygen atoms in total. The number of hydrogen-bond acceptors (Lipinski definition) is 9. The number of rotatable bonds is 12. The molecular weight excluding hydrogens is 655 g/mol. The third-order valence-electron chi connectivity index (χ3n) is 9.59. The summed E-state index contributed by atoms with van der Waals surface area (Å²) in [6.07, 6.45) is -2.56. The van der Waals surface area contributed by atoms with E-state index in [1.807, 2.05) is 78.9 Å². The first kappa shape index (κ1) is 36.9. The highest BCUT2D eigenvalue weighted by atomic mass is 28.4. The average Bonchev–Trinajstić information content (AvgIpc) is 3.38. The first-order valence-corrected chi connectivity index (χ1v) is 19.5. The van der Waals surface area contributed by atoms with Crippen LogP contribution < -0.4 is 20.5 Å². The summed E-state index contributed by atoms with van der Waals surface area (Å²) < 4.78 is 32.7. The highest BCUT2D eigenvalue weighted by Crippen LogP contribution is 2.45. The molecule has 4 aromatic rings. The predicted molar refractivity (Wildman–Crippen MR) is 193 cm³/mol. The lowest BCUT2D eigenvalue weighted by molar-refractivity contribution is -0.114. The van der Waals surface area contributed by atoms with Crippen LogP contribution in [0.3, 0.4) is 0 Å². The predicted octanol–water partition coefficient (Wildman–Crippen LogP) is 5.88. The SMILES string of the molecule is COc1ccc(C(OCC2OC(n3ccc(NC(C)=O)nc3=O)C(O)C2O[Si](C)(C)C(C)(C)C)(c2ccccc2)c2ccc(OC)cc2)cc1. The molecule has 0 bridgehead atoms. The molecule has 266 valence electrons. The Bertz CT molecular complexity index is 1760. The molecule has 3 aromatic carbocycles. The third-order valence-corrected chi connectivity index (χ3v) is 14.1. The maximum absolute atomic E-state index is 13.2. The van der Waals surface area contributed by atoms with Crippen molar-refractivity contribution in [3.05, 3.63) is 118 Å². The minimum absolute atomic E-state index is 0.0219. The first-order valence-electron chi connectivity index (χ1n) is 16.6. The molecule has 12 heteroatoms. The lowest BCUT2D eigenvalue weighted by Gasteiger charge is -2.41. The van der Waals surface area contributed by atoms with Crippen LogP contribution in [0, 0.1) is 0 Å². The van der Waals surface area contributed by atoms with Gasteiger partial charge >= 0.3 is 5.69 Å². The van der Waals surface area contributed by atoms with E-state index < -0.39 is 44.1 Å². The van der Waals surface area contributed by atoms with E-state index in [-0.39, 0.29) is 23.4 Å². The minimum Gasteiger partial charge on any atom is -0.497 e. The Kier molecular flexibility index (Phi) is 11.0. The normalized spacial score (nSPS) is 19.6. The van der Waals surface area contributed by atoms with Crippen LogP contribution in [0.15, 0.2) is 95.9 Å². The summed E-state index contributed by atoms with van der Waals surface area (Å²) >= 11 is 0. The van der Waals surface area contributed by atoms with Crippen molar-refractivity contribution >= 4 is 20.0 Å². The zero-order chi connectivity index (χ0) is 36.3. The van der Waals surface area contributed by atoms with Gasteiger partial charge in [-0.25, -0.2) is 4.79 Å². The van der Waals surface area contributed by atoms with Gasteiger partial charge in [0.15, 0.2) is 14.5 Å². The zero-order valence-corrected chi connectivity index (χ0v) is 30.9. The molecule has 1 aliphatic rings. The number of anilines is 1. The number of ether oxygens (including phenoxy) is 4. The molecule has 1 amide bonds. The number of benzene rings is 3. The van der Waals surface area contributed by atoms with Gasteiger partial charge in [0, 0.05) is 13.1 Å². The van der Waals surface area contributed by atoms with E-state index >= 15 is 0 Å². The van der Waals surface area contributed by atoms with Gasteiger partial charge in [-0.05, 0) is 65.2 Å². The Labute approximate surface area is 294 Å². The van der Waals surface area contributed by atoms with Crippen LogP contribution in [-0.2, 0) is 24.3 Å². The lowest BCUT2D eigenvalue weighted by Crippen LogP contribution is -2.50. The molecule has 4 unspecified atom stereocenters. The van der Waals surface area contributed by atoms with Crippen molar-refractivity contribution in [2.75, 3.05) is 26.1 Å². The smallest absolute Gasteiger partial charge is 0.351 e. The number of carbonyl (C=O) groups is 1. The van der Waals surface area contributed by atoms with Gasteiger partial charge in [0.2, 0.25) is 5.91 Å². The second kappa shape index (κ2) is 14.9. The van der Waals surface area contributed by atoms with Gasteiger partial charge in [-0.1, -0.05) is 75.4 Å². The molecule has 0 saturated carbocycles. The summed E-state index contributed by atoms with van der Waals surface area (Å²) in [5.41, 5.74) is 0.692. The van der Waals surface area contributed by atoms with E-state index in [1.54, 1.807) is 14.2 Å². The highest BCUT2D eigenvalue weighted by Gasteiger charge is 2.51. The fourth-order valence-corrected chi connectivity index (χ4v) is 7.21. The fourth-order valence-electron chi connectivity index (χ4n) is 5.88. The van der Waals surface area contributed by atoms with E-state index in [4.69, 9.17) is 23.4 Å². The van der Waals surface area contributed by atoms with Crippen LogP contribution in [0.1, 0.15) is 50.6 Å². The second-order valence-electron chi connectivity index (χ2n) is 13.9. The van der Waals surface area contributed by atoms with Crippen LogP contribution >= 0.6 is 0 Å². The Morgan fingerprint density at radius 2 is 1.44 bits per heavy atom. The molecule has 2 N–H and O–H groups in total. The van der Waals surface area contributed by atoms with Gasteiger partial charge in [-0.2, -0.15) is 4.98 Å². The summed E-state index contributed by atoms with van der Waals surface area (Å²) in [6, 6.07) is 26.8. The summed E-state index contributed by atoms with van der Waals surface area (Å²) in [5.74, 6) is 1.14. The van der Waals surface area contributed by atoms with Crippen molar-refractivity contribution in [2.45, 2.75) is 76.0 Å². The average molecular weight is 702 g/mol. The van der Waals surface area contributed by atoms with Gasteiger partial charge in [0.25, 0.3) is 0 Å². The van der Waals surface area contributed by atoms with Crippen LogP contribution in [0.4, 0.5) is 5.82 Å². The maximum Gasteiger partial charge on any atom is 0.351 e. The maximum atomic E-state index is 13.2. The van der Waals surface area contributed by atoms with E-state index in [0.717, 1.165) is 16.7 Å². The van der Waals surface area contributed by atoms with Crippen molar-refractivity contribution in [1.29, 1.82) is 0 Å². The molecule has 1 aromatic heterocycles. The van der Waals surface area contributed by atoms with Gasteiger partial charge in [-0.3, -0.25) is 9.36 Å². The number of nitrogens with zero attached hydrogens (tertiary/aromatic N) is 2. The van der Waals surface area contributed by atoms with Crippen molar-refractivity contribution in [3.8, 4) is 11.5 Å². The molecule has 50 heavy (non-hydrogen) atoms. The number of carbonyl (C=O) groups excluding carboxylic acids is 1. The summed E-state index contributed by atoms with van der Waals surface area (Å²) in [7, 11) is 0.754. The molecule has 1 aliphatic heterocycles. The number of amides is 1. The highest BCUT2D eigenvalue weighted by molar-refractivity contribution is 6.74. The van der Waals surface area contributed by atoms with Crippen molar-refractivity contribution in [3.63, 3.8) is 0 Å². The first-order chi connectivity index (χ1) is 23.7. The number of aliphatic hydroxyl groups excluding tert-OH is 1. The van der Waals surface area contributed by atoms with Crippen molar-refractivity contribution in [1.82, 2.24) is 9.55 Å². The molecular formula is C38H47N3O8Si. The molecule has 0 aliphatic carbocycles. The molecule has 1 fully saturated rings. The molecule has 5 rings (SSSR count). The Balaban J connectivity index is 1.60. The van der Waals surface area contributed by atoms with Crippen LogP contribution in [0.2, 0.25) is 18.1 Å². The lowest BCUT2D eigenvalue weighted by atomic mass is 9.80. The third kappa shape index (κ3) is 7.54. The molecule has 1 saturated heterocycles. The van der Waals surface area contributed by atoms with Gasteiger partial charge in [-0.15, -0.1) is 0 Å². The quantitative estimate of drug-likeness (QED) is 0.138. The number of aliphatic hydroxyl groups is 1. The van der Waals surface area contributed by atoms with E-state index in [0.29, 0.717) is 11.5 Å². The van der Waals surface area contributed by atoms with E-state index in [1.165, 1.54) is 23.8 Å². The van der Waals surface area contributed by atoms with Crippen LogP contribution in [0.25, 0.3) is 0 Å². The monoisotopic (exact) mass is 701 g/mol. The summed E-state index contributed by atoms with van der Waals surface area (Å²) in [6.45, 7) is 11.9. The van der Waals surface area contributed by atoms with Gasteiger partial charge in [0.1, 0.15) is 41.2 Å². The molecule has 4 atom stereocenters. The molecule has 0 spiro atoms. The summed E-state index contributed by atoms with van der Waals surface area (Å²) in [4.78, 5) is 28.8. The van der Waals surface area contributed by atoms with Gasteiger partial charge < -0.3 is 33.8 Å². The minimum atomic E-state index is -2.49.